The average molecular weight is 356 g/mol. The molecule has 1 aromatic carbocycles. The van der Waals surface area contributed by atoms with Gasteiger partial charge in [-0.2, -0.15) is 0 Å². The lowest BCUT2D eigenvalue weighted by Crippen LogP contribution is -2.50. The number of para-hydroxylation sites is 1. The molecule has 0 spiro atoms. The molecular formula is C21H28N2O3. The van der Waals surface area contributed by atoms with E-state index in [1.165, 1.54) is 12.8 Å². The molecule has 2 N–H and O–H groups in total. The number of carbonyl (C=O) groups excluding carboxylic acids is 1. The molecule has 1 saturated heterocycles. The zero-order chi connectivity index (χ0) is 17.5. The first-order valence-electron chi connectivity index (χ1n) is 10.2. The van der Waals surface area contributed by atoms with E-state index in [9.17, 15) is 4.79 Å². The summed E-state index contributed by atoms with van der Waals surface area (Å²) in [6, 6.07) is 5.99. The summed E-state index contributed by atoms with van der Waals surface area (Å²) >= 11 is 0. The molecule has 1 amide bonds. The van der Waals surface area contributed by atoms with Gasteiger partial charge in [-0.1, -0.05) is 12.1 Å². The highest BCUT2D eigenvalue weighted by Gasteiger charge is 2.41. The highest BCUT2D eigenvalue weighted by Crippen LogP contribution is 2.37. The van der Waals surface area contributed by atoms with Gasteiger partial charge < -0.3 is 20.1 Å². The van der Waals surface area contributed by atoms with Crippen LogP contribution in [-0.2, 0) is 11.2 Å². The Morgan fingerprint density at radius 3 is 2.92 bits per heavy atom. The zero-order valence-electron chi connectivity index (χ0n) is 15.2. The zero-order valence-corrected chi connectivity index (χ0v) is 15.2. The van der Waals surface area contributed by atoms with Gasteiger partial charge in [0, 0.05) is 13.0 Å². The summed E-state index contributed by atoms with van der Waals surface area (Å²) in [5.41, 5.74) is 1.82. The smallest absolute Gasteiger partial charge is 0.255 e. The van der Waals surface area contributed by atoms with Crippen LogP contribution in [0.25, 0.3) is 0 Å². The highest BCUT2D eigenvalue weighted by atomic mass is 16.5. The van der Waals surface area contributed by atoms with Crippen molar-refractivity contribution in [3.63, 3.8) is 0 Å². The van der Waals surface area contributed by atoms with Crippen molar-refractivity contribution in [1.82, 2.24) is 10.6 Å². The van der Waals surface area contributed by atoms with Crippen molar-refractivity contribution in [3.8, 4) is 5.75 Å². The maximum absolute atomic E-state index is 13.0. The first-order valence-corrected chi connectivity index (χ1v) is 10.2. The van der Waals surface area contributed by atoms with E-state index in [0.29, 0.717) is 24.0 Å². The van der Waals surface area contributed by atoms with Crippen molar-refractivity contribution in [1.29, 1.82) is 0 Å². The van der Waals surface area contributed by atoms with Gasteiger partial charge in [-0.05, 0) is 68.2 Å². The number of nitrogens with one attached hydrogen (secondary N) is 2. The van der Waals surface area contributed by atoms with E-state index >= 15 is 0 Å². The third kappa shape index (κ3) is 3.23. The molecule has 4 atom stereocenters. The predicted molar refractivity (Wildman–Crippen MR) is 98.4 cm³/mol. The SMILES string of the molecule is O=C(N[C@H]1C[C@H]2CNC[C@H]2C[C@@H]1OCC1CC1)c1cccc2c1OCC2. The van der Waals surface area contributed by atoms with Crippen molar-refractivity contribution in [2.75, 3.05) is 26.3 Å². The van der Waals surface area contributed by atoms with Gasteiger partial charge in [0.05, 0.1) is 24.3 Å². The van der Waals surface area contributed by atoms with Crippen LogP contribution in [0.15, 0.2) is 18.2 Å². The van der Waals surface area contributed by atoms with Crippen molar-refractivity contribution < 1.29 is 14.3 Å². The van der Waals surface area contributed by atoms with Crippen molar-refractivity contribution in [2.24, 2.45) is 17.8 Å². The van der Waals surface area contributed by atoms with Gasteiger partial charge in [0.25, 0.3) is 5.91 Å². The lowest BCUT2D eigenvalue weighted by atomic mass is 9.77. The van der Waals surface area contributed by atoms with E-state index in [1.54, 1.807) is 0 Å². The molecule has 2 saturated carbocycles. The molecule has 5 heteroatoms. The van der Waals surface area contributed by atoms with Crippen LogP contribution in [0.5, 0.6) is 5.75 Å². The third-order valence-corrected chi connectivity index (χ3v) is 6.54. The molecular weight excluding hydrogens is 328 g/mol. The number of fused-ring (bicyclic) bond motifs is 2. The van der Waals surface area contributed by atoms with Crippen LogP contribution < -0.4 is 15.4 Å². The number of carbonyl (C=O) groups is 1. The maximum atomic E-state index is 13.0. The third-order valence-electron chi connectivity index (χ3n) is 6.54. The van der Waals surface area contributed by atoms with E-state index in [1.807, 2.05) is 12.1 Å². The Morgan fingerprint density at radius 1 is 1.23 bits per heavy atom. The monoisotopic (exact) mass is 356 g/mol. The first-order chi connectivity index (χ1) is 12.8. The van der Waals surface area contributed by atoms with Gasteiger partial charge in [0.1, 0.15) is 5.75 Å². The molecule has 5 nitrogen and oxygen atoms in total. The largest absolute Gasteiger partial charge is 0.492 e. The molecule has 0 aromatic heterocycles. The van der Waals surface area contributed by atoms with Gasteiger partial charge >= 0.3 is 0 Å². The molecule has 0 bridgehead atoms. The number of benzene rings is 1. The second-order valence-electron chi connectivity index (χ2n) is 8.44. The summed E-state index contributed by atoms with van der Waals surface area (Å²) in [5, 5.41) is 6.81. The van der Waals surface area contributed by atoms with E-state index in [2.05, 4.69) is 16.7 Å². The minimum absolute atomic E-state index is 0.0156. The van der Waals surface area contributed by atoms with Crippen molar-refractivity contribution in [2.45, 2.75) is 44.2 Å². The fourth-order valence-electron chi connectivity index (χ4n) is 4.80. The van der Waals surface area contributed by atoms with Crippen LogP contribution in [0.4, 0.5) is 0 Å². The molecule has 2 heterocycles. The van der Waals surface area contributed by atoms with Crippen molar-refractivity contribution in [3.05, 3.63) is 29.3 Å². The Kier molecular flexibility index (Phi) is 4.37. The Morgan fingerprint density at radius 2 is 2.08 bits per heavy atom. The van der Waals surface area contributed by atoms with Crippen LogP contribution in [0.3, 0.4) is 0 Å². The van der Waals surface area contributed by atoms with E-state index in [-0.39, 0.29) is 18.1 Å². The average Bonchev–Trinajstić information content (AvgIpc) is 3.15. The minimum atomic E-state index is -0.0156. The highest BCUT2D eigenvalue weighted by molar-refractivity contribution is 5.97. The van der Waals surface area contributed by atoms with Crippen molar-refractivity contribution >= 4 is 5.91 Å². The van der Waals surface area contributed by atoms with E-state index in [0.717, 1.165) is 56.2 Å². The van der Waals surface area contributed by atoms with Gasteiger partial charge in [0.2, 0.25) is 0 Å². The molecule has 4 aliphatic rings. The molecule has 26 heavy (non-hydrogen) atoms. The second kappa shape index (κ2) is 6.86. The van der Waals surface area contributed by atoms with Gasteiger partial charge in [-0.25, -0.2) is 0 Å². The molecule has 5 rings (SSSR count). The fourth-order valence-corrected chi connectivity index (χ4v) is 4.80. The molecule has 2 aliphatic heterocycles. The van der Waals surface area contributed by atoms with Gasteiger partial charge in [-0.3, -0.25) is 4.79 Å². The van der Waals surface area contributed by atoms with Crippen LogP contribution in [-0.4, -0.2) is 44.4 Å². The van der Waals surface area contributed by atoms with Crippen LogP contribution in [0.1, 0.15) is 41.6 Å². The van der Waals surface area contributed by atoms with E-state index < -0.39 is 0 Å². The standard InChI is InChI=1S/C21H28N2O3/c24-21(17-3-1-2-14-6-7-25-20(14)17)23-18-8-15-10-22-11-16(15)9-19(18)26-12-13-4-5-13/h1-3,13,15-16,18-19,22H,4-12H2,(H,23,24)/t15-,16+,18-,19-/m0/s1. The van der Waals surface area contributed by atoms with Crippen LogP contribution in [0, 0.1) is 17.8 Å². The van der Waals surface area contributed by atoms with E-state index in [4.69, 9.17) is 9.47 Å². The first kappa shape index (κ1) is 16.6. The normalized spacial score (nSPS) is 32.6. The summed E-state index contributed by atoms with van der Waals surface area (Å²) in [4.78, 5) is 13.0. The number of amides is 1. The van der Waals surface area contributed by atoms with Crippen LogP contribution in [0.2, 0.25) is 0 Å². The Labute approximate surface area is 154 Å². The quantitative estimate of drug-likeness (QED) is 0.849. The summed E-state index contributed by atoms with van der Waals surface area (Å²) in [6.45, 7) is 3.68. The summed E-state index contributed by atoms with van der Waals surface area (Å²) in [7, 11) is 0. The minimum Gasteiger partial charge on any atom is -0.492 e. The number of hydrogen-bond acceptors (Lipinski definition) is 4. The molecule has 1 aromatic rings. The molecule has 140 valence electrons. The number of rotatable bonds is 5. The molecule has 2 aliphatic carbocycles. The summed E-state index contributed by atoms with van der Waals surface area (Å²) < 4.78 is 12.0. The topological polar surface area (TPSA) is 59.6 Å². The predicted octanol–water partition coefficient (Wildman–Crippen LogP) is 2.14. The summed E-state index contributed by atoms with van der Waals surface area (Å²) in [6.07, 6.45) is 5.68. The molecule has 0 unspecified atom stereocenters. The summed E-state index contributed by atoms with van der Waals surface area (Å²) in [5.74, 6) is 2.85. The number of ether oxygens (including phenoxy) is 2. The maximum Gasteiger partial charge on any atom is 0.255 e. The molecule has 3 fully saturated rings. The molecule has 0 radical (unpaired) electrons. The Balaban J connectivity index is 1.31. The van der Waals surface area contributed by atoms with Gasteiger partial charge in [0.15, 0.2) is 0 Å². The van der Waals surface area contributed by atoms with Crippen LogP contribution >= 0.6 is 0 Å². The fraction of sp³-hybridized carbons (Fsp3) is 0.667. The van der Waals surface area contributed by atoms with Gasteiger partial charge in [-0.15, -0.1) is 0 Å². The Bertz CT molecular complexity index is 688. The lowest BCUT2D eigenvalue weighted by Gasteiger charge is -2.38. The second-order valence-corrected chi connectivity index (χ2v) is 8.44. The Hall–Kier alpha value is -1.59. The number of hydrogen-bond donors (Lipinski definition) is 2. The lowest BCUT2D eigenvalue weighted by molar-refractivity contribution is -0.0211.